The molecule has 27 heavy (non-hydrogen) atoms. The first-order valence-corrected chi connectivity index (χ1v) is 8.24. The van der Waals surface area contributed by atoms with Gasteiger partial charge < -0.3 is 9.73 Å². The zero-order chi connectivity index (χ0) is 19.2. The van der Waals surface area contributed by atoms with Crippen LogP contribution in [-0.4, -0.2) is 5.91 Å². The lowest BCUT2D eigenvalue weighted by Crippen LogP contribution is -2.12. The first-order valence-electron chi connectivity index (χ1n) is 8.24. The van der Waals surface area contributed by atoms with E-state index in [0.29, 0.717) is 11.1 Å². The maximum absolute atomic E-state index is 12.6. The molecule has 1 N–H and O–H groups in total. The van der Waals surface area contributed by atoms with Crippen LogP contribution in [0.4, 0.5) is 18.9 Å². The number of nitrogens with one attached hydrogen (secondary N) is 1. The SMILES string of the molecule is Cc1c(C(=O)Nc2ccc(C(F)(F)F)cc2)oc2c1ccc1ccccc12. The number of carbonyl (C=O) groups excluding carboxylic acids is 1. The summed E-state index contributed by atoms with van der Waals surface area (Å²) in [6.07, 6.45) is -4.42. The highest BCUT2D eigenvalue weighted by Crippen LogP contribution is 2.33. The number of hydrogen-bond acceptors (Lipinski definition) is 2. The van der Waals surface area contributed by atoms with Crippen molar-refractivity contribution in [1.82, 2.24) is 0 Å². The number of hydrogen-bond donors (Lipinski definition) is 1. The zero-order valence-corrected chi connectivity index (χ0v) is 14.2. The number of fused-ring (bicyclic) bond motifs is 3. The average Bonchev–Trinajstić information content (AvgIpc) is 2.99. The van der Waals surface area contributed by atoms with Gasteiger partial charge in [-0.15, -0.1) is 0 Å². The Kier molecular flexibility index (Phi) is 3.91. The van der Waals surface area contributed by atoms with Crippen molar-refractivity contribution >= 4 is 33.3 Å². The summed E-state index contributed by atoms with van der Waals surface area (Å²) in [6.45, 7) is 1.78. The third-order valence-corrected chi connectivity index (χ3v) is 4.50. The van der Waals surface area contributed by atoms with Crippen molar-refractivity contribution in [2.75, 3.05) is 5.32 Å². The largest absolute Gasteiger partial charge is 0.450 e. The Morgan fingerprint density at radius 3 is 2.33 bits per heavy atom. The summed E-state index contributed by atoms with van der Waals surface area (Å²) in [5.74, 6) is -0.367. The number of furan rings is 1. The van der Waals surface area contributed by atoms with Crippen molar-refractivity contribution in [2.45, 2.75) is 13.1 Å². The van der Waals surface area contributed by atoms with Crippen molar-refractivity contribution in [3.63, 3.8) is 0 Å². The predicted molar refractivity (Wildman–Crippen MR) is 97.9 cm³/mol. The van der Waals surface area contributed by atoms with Crippen molar-refractivity contribution in [2.24, 2.45) is 0 Å². The molecule has 0 fully saturated rings. The minimum Gasteiger partial charge on any atom is -0.450 e. The summed E-state index contributed by atoms with van der Waals surface area (Å²) in [7, 11) is 0. The van der Waals surface area contributed by atoms with Gasteiger partial charge in [-0.25, -0.2) is 0 Å². The Labute approximate surface area is 152 Å². The lowest BCUT2D eigenvalue weighted by Gasteiger charge is -2.08. The van der Waals surface area contributed by atoms with Crippen molar-refractivity contribution in [3.8, 4) is 0 Å². The summed E-state index contributed by atoms with van der Waals surface area (Å²) in [5.41, 5.74) is 0.785. The molecule has 4 rings (SSSR count). The lowest BCUT2D eigenvalue weighted by molar-refractivity contribution is -0.137. The summed E-state index contributed by atoms with van der Waals surface area (Å²) in [6, 6.07) is 15.8. The van der Waals surface area contributed by atoms with Crippen molar-refractivity contribution in [3.05, 3.63) is 77.6 Å². The molecule has 0 aliphatic carbocycles. The molecule has 4 aromatic rings. The van der Waals surface area contributed by atoms with Crippen LogP contribution < -0.4 is 5.32 Å². The average molecular weight is 369 g/mol. The van der Waals surface area contributed by atoms with Gasteiger partial charge in [0.15, 0.2) is 5.76 Å². The highest BCUT2D eigenvalue weighted by Gasteiger charge is 2.30. The van der Waals surface area contributed by atoms with E-state index >= 15 is 0 Å². The molecule has 0 saturated heterocycles. The van der Waals surface area contributed by atoms with Crippen LogP contribution in [0.1, 0.15) is 21.7 Å². The van der Waals surface area contributed by atoms with Gasteiger partial charge in [0.05, 0.1) is 5.56 Å². The van der Waals surface area contributed by atoms with E-state index in [-0.39, 0.29) is 11.4 Å². The van der Waals surface area contributed by atoms with Crippen molar-refractivity contribution in [1.29, 1.82) is 0 Å². The third-order valence-electron chi connectivity index (χ3n) is 4.50. The normalized spacial score (nSPS) is 11.9. The monoisotopic (exact) mass is 369 g/mol. The van der Waals surface area contributed by atoms with Crippen LogP contribution in [-0.2, 0) is 6.18 Å². The van der Waals surface area contributed by atoms with E-state index in [0.717, 1.165) is 28.3 Å². The number of rotatable bonds is 2. The number of amides is 1. The van der Waals surface area contributed by atoms with Gasteiger partial charge in [-0.1, -0.05) is 36.4 Å². The number of aryl methyl sites for hydroxylation is 1. The van der Waals surface area contributed by atoms with E-state index in [1.165, 1.54) is 12.1 Å². The molecule has 0 radical (unpaired) electrons. The van der Waals surface area contributed by atoms with E-state index < -0.39 is 17.6 Å². The van der Waals surface area contributed by atoms with Crippen LogP contribution >= 0.6 is 0 Å². The number of anilines is 1. The van der Waals surface area contributed by atoms with Crippen LogP contribution in [0.25, 0.3) is 21.7 Å². The lowest BCUT2D eigenvalue weighted by atomic mass is 10.1. The van der Waals surface area contributed by atoms with Crippen LogP contribution in [0.2, 0.25) is 0 Å². The second kappa shape index (κ2) is 6.16. The summed E-state index contributed by atoms with van der Waals surface area (Å²) < 4.78 is 43.8. The Hall–Kier alpha value is -3.28. The Bertz CT molecular complexity index is 1160. The van der Waals surface area contributed by atoms with Crippen LogP contribution in [0, 0.1) is 6.92 Å². The minimum absolute atomic E-state index is 0.140. The van der Waals surface area contributed by atoms with E-state index in [4.69, 9.17) is 4.42 Å². The number of carbonyl (C=O) groups is 1. The Balaban J connectivity index is 1.68. The topological polar surface area (TPSA) is 42.2 Å². The fourth-order valence-corrected chi connectivity index (χ4v) is 3.10. The standard InChI is InChI=1S/C21H14F3NO2/c1-12-16-11-6-13-4-2-3-5-17(13)19(16)27-18(12)20(26)25-15-9-7-14(8-10-15)21(22,23)24/h2-11H,1H3,(H,25,26). The molecule has 0 spiro atoms. The van der Waals surface area contributed by atoms with Gasteiger partial charge in [0, 0.05) is 22.0 Å². The molecule has 1 aromatic heterocycles. The number of halogens is 3. The summed E-state index contributed by atoms with van der Waals surface area (Å²) in [4.78, 5) is 12.6. The van der Waals surface area contributed by atoms with Gasteiger partial charge in [-0.05, 0) is 36.6 Å². The molecule has 3 aromatic carbocycles. The minimum atomic E-state index is -4.42. The van der Waals surface area contributed by atoms with Gasteiger partial charge in [0.1, 0.15) is 5.58 Å². The molecule has 1 heterocycles. The molecular weight excluding hydrogens is 355 g/mol. The second-order valence-corrected chi connectivity index (χ2v) is 6.25. The highest BCUT2D eigenvalue weighted by molar-refractivity contribution is 6.11. The van der Waals surface area contributed by atoms with E-state index in [2.05, 4.69) is 5.32 Å². The first kappa shape index (κ1) is 17.1. The molecule has 0 bridgehead atoms. The molecule has 3 nitrogen and oxygen atoms in total. The fraction of sp³-hybridized carbons (Fsp3) is 0.0952. The molecule has 0 atom stereocenters. The molecule has 6 heteroatoms. The summed E-state index contributed by atoms with van der Waals surface area (Å²) >= 11 is 0. The summed E-state index contributed by atoms with van der Waals surface area (Å²) in [5, 5.41) is 5.30. The maximum Gasteiger partial charge on any atom is 0.416 e. The van der Waals surface area contributed by atoms with Gasteiger partial charge in [0.2, 0.25) is 0 Å². The van der Waals surface area contributed by atoms with E-state index in [9.17, 15) is 18.0 Å². The maximum atomic E-state index is 12.6. The van der Waals surface area contributed by atoms with E-state index in [1.807, 2.05) is 36.4 Å². The second-order valence-electron chi connectivity index (χ2n) is 6.25. The van der Waals surface area contributed by atoms with Gasteiger partial charge in [-0.3, -0.25) is 4.79 Å². The zero-order valence-electron chi connectivity index (χ0n) is 14.2. The Morgan fingerprint density at radius 1 is 0.926 bits per heavy atom. The highest BCUT2D eigenvalue weighted by atomic mass is 19.4. The quantitative estimate of drug-likeness (QED) is 0.459. The predicted octanol–water partition coefficient (Wildman–Crippen LogP) is 6.17. The first-order chi connectivity index (χ1) is 12.8. The van der Waals surface area contributed by atoms with Gasteiger partial charge in [0.25, 0.3) is 5.91 Å². The fourth-order valence-electron chi connectivity index (χ4n) is 3.10. The smallest absolute Gasteiger partial charge is 0.416 e. The molecule has 0 unspecified atom stereocenters. The van der Waals surface area contributed by atoms with E-state index in [1.54, 1.807) is 6.92 Å². The molecule has 136 valence electrons. The molecule has 0 saturated carbocycles. The molecular formula is C21H14F3NO2. The van der Waals surface area contributed by atoms with Gasteiger partial charge in [-0.2, -0.15) is 13.2 Å². The third kappa shape index (κ3) is 3.03. The van der Waals surface area contributed by atoms with Crippen LogP contribution in [0.15, 0.2) is 65.1 Å². The molecule has 0 aliphatic heterocycles. The van der Waals surface area contributed by atoms with Crippen molar-refractivity contribution < 1.29 is 22.4 Å². The molecule has 0 aliphatic rings. The number of alkyl halides is 3. The van der Waals surface area contributed by atoms with Crippen LogP contribution in [0.3, 0.4) is 0 Å². The number of benzene rings is 3. The Morgan fingerprint density at radius 2 is 1.63 bits per heavy atom. The van der Waals surface area contributed by atoms with Crippen LogP contribution in [0.5, 0.6) is 0 Å². The van der Waals surface area contributed by atoms with Gasteiger partial charge >= 0.3 is 6.18 Å². The molecule has 1 amide bonds.